The van der Waals surface area contributed by atoms with Crippen LogP contribution in [0, 0.1) is 0 Å². The van der Waals surface area contributed by atoms with Crippen molar-refractivity contribution in [1.29, 1.82) is 0 Å². The molecule has 5 heteroatoms. The van der Waals surface area contributed by atoms with Crippen LogP contribution in [-0.4, -0.2) is 14.4 Å². The van der Waals surface area contributed by atoms with Crippen molar-refractivity contribution < 1.29 is 0 Å². The quantitative estimate of drug-likeness (QED) is 0.605. The van der Waals surface area contributed by atoms with E-state index >= 15 is 0 Å². The maximum atomic E-state index is 4.21. The third kappa shape index (κ3) is 1.00. The van der Waals surface area contributed by atoms with E-state index in [9.17, 15) is 0 Å². The molecule has 0 atom stereocenters. The fourth-order valence-corrected chi connectivity index (χ4v) is 1.37. The lowest BCUT2D eigenvalue weighted by molar-refractivity contribution is 0.915. The summed E-state index contributed by atoms with van der Waals surface area (Å²) in [5.41, 5.74) is 1.66. The Kier molecular flexibility index (Phi) is 1.54. The Morgan fingerprint density at radius 2 is 2.18 bits per heavy atom. The Morgan fingerprint density at radius 3 is 2.91 bits per heavy atom. The lowest BCUT2D eigenvalue weighted by Gasteiger charge is -1.91. The molecule has 0 aliphatic carbocycles. The molecule has 2 rings (SSSR count). The maximum Gasteiger partial charge on any atom is 0.127 e. The van der Waals surface area contributed by atoms with Gasteiger partial charge in [0.05, 0.1) is 0 Å². The van der Waals surface area contributed by atoms with Gasteiger partial charge in [0, 0.05) is 4.90 Å². The molecular weight excluding hydrogens is 178 g/mol. The van der Waals surface area contributed by atoms with Gasteiger partial charge in [-0.2, -0.15) is 4.09 Å². The predicted octanol–water partition coefficient (Wildman–Crippen LogP) is 1.41. The summed E-state index contributed by atoms with van der Waals surface area (Å²) in [6.07, 6.45) is 0. The van der Waals surface area contributed by atoms with Gasteiger partial charge < -0.3 is 0 Å². The first-order valence-electron chi connectivity index (χ1n) is 3.01. The SMILES string of the molecule is Sc1cccc2c1nnn2S. The number of hydrogen-bond donors (Lipinski definition) is 2. The van der Waals surface area contributed by atoms with Crippen molar-refractivity contribution in [3.63, 3.8) is 0 Å². The van der Waals surface area contributed by atoms with Gasteiger partial charge in [0.1, 0.15) is 11.0 Å². The highest BCUT2D eigenvalue weighted by Gasteiger charge is 2.02. The van der Waals surface area contributed by atoms with Gasteiger partial charge >= 0.3 is 0 Å². The molecule has 0 bridgehead atoms. The molecule has 0 saturated heterocycles. The van der Waals surface area contributed by atoms with Crippen LogP contribution in [0.3, 0.4) is 0 Å². The van der Waals surface area contributed by atoms with Crippen molar-refractivity contribution in [2.45, 2.75) is 4.90 Å². The van der Waals surface area contributed by atoms with Crippen LogP contribution in [0.5, 0.6) is 0 Å². The molecule has 0 saturated carbocycles. The summed E-state index contributed by atoms with van der Waals surface area (Å²) < 4.78 is 1.43. The summed E-state index contributed by atoms with van der Waals surface area (Å²) in [4.78, 5) is 0.822. The number of fused-ring (bicyclic) bond motifs is 1. The summed E-state index contributed by atoms with van der Waals surface area (Å²) >= 11 is 8.27. The molecule has 0 fully saturated rings. The normalized spacial score (nSPS) is 10.7. The number of rotatable bonds is 0. The van der Waals surface area contributed by atoms with Crippen LogP contribution in [0.2, 0.25) is 0 Å². The Hall–Kier alpha value is -0.680. The van der Waals surface area contributed by atoms with E-state index in [-0.39, 0.29) is 0 Å². The first kappa shape index (κ1) is 7.00. The van der Waals surface area contributed by atoms with Crippen molar-refractivity contribution in [2.24, 2.45) is 0 Å². The van der Waals surface area contributed by atoms with Crippen LogP contribution < -0.4 is 0 Å². The average molecular weight is 183 g/mol. The van der Waals surface area contributed by atoms with Crippen LogP contribution in [-0.2, 0) is 0 Å². The monoisotopic (exact) mass is 183 g/mol. The molecule has 0 radical (unpaired) electrons. The van der Waals surface area contributed by atoms with Crippen LogP contribution in [0.1, 0.15) is 0 Å². The number of benzene rings is 1. The van der Waals surface area contributed by atoms with E-state index in [0.717, 1.165) is 15.9 Å². The highest BCUT2D eigenvalue weighted by atomic mass is 32.1. The topological polar surface area (TPSA) is 30.7 Å². The molecule has 1 aromatic carbocycles. The maximum absolute atomic E-state index is 4.21. The Bertz CT molecular complexity index is 396. The van der Waals surface area contributed by atoms with Crippen LogP contribution in [0.4, 0.5) is 0 Å². The van der Waals surface area contributed by atoms with Gasteiger partial charge in [-0.3, -0.25) is 0 Å². The molecule has 1 aromatic heterocycles. The summed E-state index contributed by atoms with van der Waals surface area (Å²) in [6.45, 7) is 0. The predicted molar refractivity (Wildman–Crippen MR) is 49.2 cm³/mol. The first-order chi connectivity index (χ1) is 5.29. The van der Waals surface area contributed by atoms with E-state index in [4.69, 9.17) is 0 Å². The second-order valence-corrected chi connectivity index (χ2v) is 2.98. The zero-order valence-corrected chi connectivity index (χ0v) is 7.26. The van der Waals surface area contributed by atoms with E-state index in [1.54, 1.807) is 0 Å². The number of thiol groups is 2. The van der Waals surface area contributed by atoms with Crippen molar-refractivity contribution in [3.05, 3.63) is 18.2 Å². The van der Waals surface area contributed by atoms with Gasteiger partial charge in [-0.15, -0.1) is 17.7 Å². The number of hydrogen-bond acceptors (Lipinski definition) is 4. The molecule has 0 aliphatic heterocycles. The molecule has 0 N–H and O–H groups in total. The molecule has 56 valence electrons. The molecular formula is C6H5N3S2. The van der Waals surface area contributed by atoms with Gasteiger partial charge in [-0.1, -0.05) is 11.3 Å². The van der Waals surface area contributed by atoms with E-state index in [1.807, 2.05) is 18.2 Å². The zero-order valence-electron chi connectivity index (χ0n) is 5.47. The smallest absolute Gasteiger partial charge is 0.127 e. The lowest BCUT2D eigenvalue weighted by atomic mass is 10.3. The third-order valence-electron chi connectivity index (χ3n) is 1.44. The molecule has 1 heterocycles. The molecule has 2 aromatic rings. The van der Waals surface area contributed by atoms with E-state index < -0.39 is 0 Å². The molecule has 0 unspecified atom stereocenters. The van der Waals surface area contributed by atoms with Gasteiger partial charge in [0.15, 0.2) is 0 Å². The van der Waals surface area contributed by atoms with Gasteiger partial charge in [0.2, 0.25) is 0 Å². The van der Waals surface area contributed by atoms with Gasteiger partial charge in [-0.25, -0.2) is 0 Å². The Morgan fingerprint density at radius 1 is 1.36 bits per heavy atom. The second-order valence-electron chi connectivity index (χ2n) is 2.12. The first-order valence-corrected chi connectivity index (χ1v) is 3.86. The zero-order chi connectivity index (χ0) is 7.84. The third-order valence-corrected chi connectivity index (χ3v) is 2.09. The highest BCUT2D eigenvalue weighted by Crippen LogP contribution is 2.18. The van der Waals surface area contributed by atoms with Crippen molar-refractivity contribution in [2.75, 3.05) is 0 Å². The highest BCUT2D eigenvalue weighted by molar-refractivity contribution is 7.80. The Balaban J connectivity index is 2.94. The van der Waals surface area contributed by atoms with Gasteiger partial charge in [0.25, 0.3) is 0 Å². The van der Waals surface area contributed by atoms with E-state index in [1.165, 1.54) is 4.09 Å². The summed E-state index contributed by atoms with van der Waals surface area (Å²) in [6, 6.07) is 5.65. The van der Waals surface area contributed by atoms with Crippen molar-refractivity contribution >= 4 is 36.5 Å². The minimum absolute atomic E-state index is 0.783. The Labute approximate surface area is 74.4 Å². The standard InChI is InChI=1S/C6H5N3S2/c10-5-3-1-2-4-6(5)7-8-9(4)11/h1-3,10-11H. The number of aromatic nitrogens is 3. The van der Waals surface area contributed by atoms with Crippen LogP contribution in [0.15, 0.2) is 23.1 Å². The minimum Gasteiger partial charge on any atom is -0.189 e. The van der Waals surface area contributed by atoms with Crippen LogP contribution >= 0.6 is 25.4 Å². The summed E-state index contributed by atoms with van der Waals surface area (Å²) in [5.74, 6) is 0. The molecule has 0 spiro atoms. The molecule has 11 heavy (non-hydrogen) atoms. The lowest BCUT2D eigenvalue weighted by Crippen LogP contribution is -1.80. The average Bonchev–Trinajstić information content (AvgIpc) is 2.35. The van der Waals surface area contributed by atoms with Gasteiger partial charge in [-0.05, 0) is 24.9 Å². The van der Waals surface area contributed by atoms with Crippen molar-refractivity contribution in [3.8, 4) is 0 Å². The molecule has 0 amide bonds. The summed E-state index contributed by atoms with van der Waals surface area (Å²) in [5, 5.41) is 7.62. The minimum atomic E-state index is 0.783. The number of nitrogens with zero attached hydrogens (tertiary/aromatic N) is 3. The fourth-order valence-electron chi connectivity index (χ4n) is 0.919. The van der Waals surface area contributed by atoms with E-state index in [2.05, 4.69) is 35.8 Å². The fraction of sp³-hybridized carbons (Fsp3) is 0. The molecule has 0 aliphatic rings. The van der Waals surface area contributed by atoms with Crippen LogP contribution in [0.25, 0.3) is 11.0 Å². The summed E-state index contributed by atoms with van der Waals surface area (Å²) in [7, 11) is 0. The largest absolute Gasteiger partial charge is 0.189 e. The van der Waals surface area contributed by atoms with Crippen molar-refractivity contribution in [1.82, 2.24) is 14.4 Å². The van der Waals surface area contributed by atoms with E-state index in [0.29, 0.717) is 0 Å². The molecule has 3 nitrogen and oxygen atoms in total. The second kappa shape index (κ2) is 2.42.